The van der Waals surface area contributed by atoms with Crippen molar-refractivity contribution in [2.24, 2.45) is 5.73 Å². The van der Waals surface area contributed by atoms with Crippen molar-refractivity contribution in [2.75, 3.05) is 0 Å². The summed E-state index contributed by atoms with van der Waals surface area (Å²) in [6, 6.07) is 7.01. The van der Waals surface area contributed by atoms with E-state index in [0.29, 0.717) is 11.2 Å². The van der Waals surface area contributed by atoms with Gasteiger partial charge in [-0.25, -0.2) is 0 Å². The summed E-state index contributed by atoms with van der Waals surface area (Å²) in [5, 5.41) is 0.572. The molecule has 2 rings (SSSR count). The van der Waals surface area contributed by atoms with Crippen LogP contribution in [0.15, 0.2) is 23.1 Å². The van der Waals surface area contributed by atoms with Crippen LogP contribution in [-0.2, 0) is 0 Å². The summed E-state index contributed by atoms with van der Waals surface area (Å²) < 4.78 is 0. The van der Waals surface area contributed by atoms with Crippen molar-refractivity contribution < 1.29 is 0 Å². The summed E-state index contributed by atoms with van der Waals surface area (Å²) in [6.07, 6.45) is 1.15. The van der Waals surface area contributed by atoms with Crippen molar-refractivity contribution in [1.82, 2.24) is 0 Å². The maximum atomic E-state index is 6.25. The second-order valence-electron chi connectivity index (χ2n) is 4.54. The summed E-state index contributed by atoms with van der Waals surface area (Å²) in [6.45, 7) is 6.67. The van der Waals surface area contributed by atoms with E-state index in [-0.39, 0.29) is 6.04 Å². The average Bonchev–Trinajstić information content (AvgIpc) is 2.55. The van der Waals surface area contributed by atoms with Gasteiger partial charge in [0.15, 0.2) is 0 Å². The first-order valence-electron chi connectivity index (χ1n) is 5.69. The molecule has 15 heavy (non-hydrogen) atoms. The Hall–Kier alpha value is -0.470. The molecule has 0 radical (unpaired) electrons. The lowest BCUT2D eigenvalue weighted by atomic mass is 9.96. The summed E-state index contributed by atoms with van der Waals surface area (Å²) in [4.78, 5) is 1.39. The molecule has 2 heteroatoms. The van der Waals surface area contributed by atoms with Gasteiger partial charge in [-0.2, -0.15) is 0 Å². The molecular formula is C13H19NS. The molecule has 2 unspecified atom stereocenters. The minimum absolute atomic E-state index is 0.230. The summed E-state index contributed by atoms with van der Waals surface area (Å²) in [5.41, 5.74) is 9.01. The van der Waals surface area contributed by atoms with E-state index in [1.54, 1.807) is 0 Å². The minimum atomic E-state index is 0.230. The first-order chi connectivity index (χ1) is 7.13. The lowest BCUT2D eigenvalue weighted by molar-refractivity contribution is 0.664. The zero-order valence-electron chi connectivity index (χ0n) is 9.66. The molecule has 0 aliphatic carbocycles. The zero-order chi connectivity index (χ0) is 11.0. The Kier molecular flexibility index (Phi) is 3.08. The van der Waals surface area contributed by atoms with Crippen LogP contribution in [0.2, 0.25) is 0 Å². The number of nitrogens with two attached hydrogens (primary N) is 1. The van der Waals surface area contributed by atoms with Crippen LogP contribution in [0.4, 0.5) is 0 Å². The molecular weight excluding hydrogens is 202 g/mol. The molecule has 2 N–H and O–H groups in total. The van der Waals surface area contributed by atoms with Crippen molar-refractivity contribution in [2.45, 2.75) is 49.3 Å². The standard InChI is InChI=1S/C13H19NS/c1-4-11-13(14)10-7-9(8(2)3)5-6-12(10)15-11/h5-8,11,13H,4,14H2,1-3H3. The molecule has 1 heterocycles. The lowest BCUT2D eigenvalue weighted by Crippen LogP contribution is -2.18. The minimum Gasteiger partial charge on any atom is -0.323 e. The molecule has 0 saturated heterocycles. The molecule has 1 aliphatic heterocycles. The first kappa shape index (κ1) is 11.0. The van der Waals surface area contributed by atoms with Gasteiger partial charge in [-0.15, -0.1) is 11.8 Å². The highest BCUT2D eigenvalue weighted by molar-refractivity contribution is 8.00. The predicted molar refractivity (Wildman–Crippen MR) is 67.4 cm³/mol. The molecule has 0 fully saturated rings. The van der Waals surface area contributed by atoms with Gasteiger partial charge in [-0.1, -0.05) is 32.9 Å². The lowest BCUT2D eigenvalue weighted by Gasteiger charge is -2.13. The first-order valence-corrected chi connectivity index (χ1v) is 6.57. The topological polar surface area (TPSA) is 26.0 Å². The van der Waals surface area contributed by atoms with Crippen molar-refractivity contribution >= 4 is 11.8 Å². The van der Waals surface area contributed by atoms with Gasteiger partial charge in [0.05, 0.1) is 0 Å². The summed E-state index contributed by atoms with van der Waals surface area (Å²) in [7, 11) is 0. The molecule has 0 spiro atoms. The maximum Gasteiger partial charge on any atom is 0.0430 e. The third-order valence-electron chi connectivity index (χ3n) is 3.14. The predicted octanol–water partition coefficient (Wildman–Crippen LogP) is 3.69. The van der Waals surface area contributed by atoms with Crippen LogP contribution in [0.3, 0.4) is 0 Å². The molecule has 1 nitrogen and oxygen atoms in total. The van der Waals surface area contributed by atoms with Crippen LogP contribution < -0.4 is 5.73 Å². The van der Waals surface area contributed by atoms with Crippen molar-refractivity contribution in [3.63, 3.8) is 0 Å². The van der Waals surface area contributed by atoms with Crippen LogP contribution >= 0.6 is 11.8 Å². The van der Waals surface area contributed by atoms with Crippen molar-refractivity contribution in [3.05, 3.63) is 29.3 Å². The van der Waals surface area contributed by atoms with E-state index < -0.39 is 0 Å². The summed E-state index contributed by atoms with van der Waals surface area (Å²) in [5.74, 6) is 0.591. The smallest absolute Gasteiger partial charge is 0.0430 e. The van der Waals surface area contributed by atoms with Crippen molar-refractivity contribution in [1.29, 1.82) is 0 Å². The van der Waals surface area contributed by atoms with Gasteiger partial charge in [0.1, 0.15) is 0 Å². The number of rotatable bonds is 2. The molecule has 0 saturated carbocycles. The average molecular weight is 221 g/mol. The van der Waals surface area contributed by atoms with Gasteiger partial charge in [-0.05, 0) is 29.5 Å². The van der Waals surface area contributed by atoms with Gasteiger partial charge < -0.3 is 5.73 Å². The number of hydrogen-bond donors (Lipinski definition) is 1. The molecule has 1 aromatic rings. The maximum absolute atomic E-state index is 6.25. The van der Waals surface area contributed by atoms with Gasteiger partial charge >= 0.3 is 0 Å². The fraction of sp³-hybridized carbons (Fsp3) is 0.538. The van der Waals surface area contributed by atoms with Crippen LogP contribution in [0.25, 0.3) is 0 Å². The fourth-order valence-electron chi connectivity index (χ4n) is 2.07. The molecule has 0 amide bonds. The molecule has 82 valence electrons. The normalized spacial score (nSPS) is 24.6. The third kappa shape index (κ3) is 1.93. The Morgan fingerprint density at radius 3 is 2.73 bits per heavy atom. The van der Waals surface area contributed by atoms with Gasteiger partial charge in [0, 0.05) is 16.2 Å². The van der Waals surface area contributed by atoms with E-state index in [2.05, 4.69) is 39.0 Å². The van der Waals surface area contributed by atoms with E-state index in [1.165, 1.54) is 16.0 Å². The van der Waals surface area contributed by atoms with Crippen LogP contribution in [0.5, 0.6) is 0 Å². The fourth-order valence-corrected chi connectivity index (χ4v) is 3.33. The molecule has 0 aromatic heterocycles. The van der Waals surface area contributed by atoms with Gasteiger partial charge in [-0.3, -0.25) is 0 Å². The Morgan fingerprint density at radius 1 is 1.40 bits per heavy atom. The van der Waals surface area contributed by atoms with Gasteiger partial charge in [0.25, 0.3) is 0 Å². The number of thioether (sulfide) groups is 1. The number of fused-ring (bicyclic) bond motifs is 1. The SMILES string of the molecule is CCC1Sc2ccc(C(C)C)cc2C1N. The monoisotopic (exact) mass is 221 g/mol. The Bertz CT molecular complexity index is 360. The highest BCUT2D eigenvalue weighted by Gasteiger charge is 2.29. The quantitative estimate of drug-likeness (QED) is 0.824. The highest BCUT2D eigenvalue weighted by atomic mass is 32.2. The van der Waals surface area contributed by atoms with Crippen molar-refractivity contribution in [3.8, 4) is 0 Å². The van der Waals surface area contributed by atoms with Crippen LogP contribution in [0, 0.1) is 0 Å². The van der Waals surface area contributed by atoms with Gasteiger partial charge in [0.2, 0.25) is 0 Å². The molecule has 1 aromatic carbocycles. The Labute approximate surface area is 96.4 Å². The van der Waals surface area contributed by atoms with Crippen LogP contribution in [0.1, 0.15) is 50.3 Å². The number of hydrogen-bond acceptors (Lipinski definition) is 2. The largest absolute Gasteiger partial charge is 0.323 e. The second-order valence-corrected chi connectivity index (χ2v) is 5.82. The molecule has 1 aliphatic rings. The second kappa shape index (κ2) is 4.18. The van der Waals surface area contributed by atoms with E-state index >= 15 is 0 Å². The van der Waals surface area contributed by atoms with E-state index in [1.807, 2.05) is 11.8 Å². The van der Waals surface area contributed by atoms with Crippen LogP contribution in [-0.4, -0.2) is 5.25 Å². The molecule has 0 bridgehead atoms. The summed E-state index contributed by atoms with van der Waals surface area (Å²) >= 11 is 1.94. The third-order valence-corrected chi connectivity index (χ3v) is 4.70. The van der Waals surface area contributed by atoms with E-state index in [0.717, 1.165) is 6.42 Å². The zero-order valence-corrected chi connectivity index (χ0v) is 10.5. The highest BCUT2D eigenvalue weighted by Crippen LogP contribution is 2.44. The molecule has 2 atom stereocenters. The Morgan fingerprint density at radius 2 is 2.13 bits per heavy atom. The van der Waals surface area contributed by atoms with E-state index in [4.69, 9.17) is 5.73 Å². The number of benzene rings is 1. The Balaban J connectivity index is 2.35. The van der Waals surface area contributed by atoms with E-state index in [9.17, 15) is 0 Å².